The molecule has 25 heavy (non-hydrogen) atoms. The second-order valence-corrected chi connectivity index (χ2v) is 8.53. The van der Waals surface area contributed by atoms with Crippen LogP contribution in [0.25, 0.3) is 0 Å². The molecular weight excluding hydrogens is 340 g/mol. The van der Waals surface area contributed by atoms with E-state index in [1.165, 1.54) is 0 Å². The Hall–Kier alpha value is -1.80. The fourth-order valence-corrected chi connectivity index (χ4v) is 2.55. The summed E-state index contributed by atoms with van der Waals surface area (Å²) in [6.45, 7) is 7.63. The fraction of sp³-hybridized carbons (Fsp3) is 0.588. The SMILES string of the molecule is CN=C(NCCCNS(C)(=O)=O)NCc1ccccc1OC(C)(C)C. The molecule has 0 unspecified atom stereocenters. The molecule has 3 N–H and O–H groups in total. The van der Waals surface area contributed by atoms with Crippen molar-refractivity contribution in [3.8, 4) is 5.75 Å². The number of para-hydroxylation sites is 1. The molecule has 0 aromatic heterocycles. The third kappa shape index (κ3) is 9.93. The number of nitrogens with one attached hydrogen (secondary N) is 3. The van der Waals surface area contributed by atoms with Gasteiger partial charge in [-0.15, -0.1) is 0 Å². The highest BCUT2D eigenvalue weighted by molar-refractivity contribution is 7.88. The van der Waals surface area contributed by atoms with Crippen molar-refractivity contribution < 1.29 is 13.2 Å². The molecule has 0 aliphatic rings. The Labute approximate surface area is 151 Å². The lowest BCUT2D eigenvalue weighted by atomic mass is 10.1. The van der Waals surface area contributed by atoms with Crippen molar-refractivity contribution in [2.45, 2.75) is 39.3 Å². The third-order valence-electron chi connectivity index (χ3n) is 3.07. The Morgan fingerprint density at radius 1 is 1.16 bits per heavy atom. The van der Waals surface area contributed by atoms with Crippen LogP contribution in [0.1, 0.15) is 32.8 Å². The average Bonchev–Trinajstić information content (AvgIpc) is 2.48. The highest BCUT2D eigenvalue weighted by Crippen LogP contribution is 2.22. The predicted octanol–water partition coefficient (Wildman–Crippen LogP) is 1.47. The topological polar surface area (TPSA) is 91.8 Å². The number of hydrogen-bond acceptors (Lipinski definition) is 4. The van der Waals surface area contributed by atoms with Crippen molar-refractivity contribution >= 4 is 16.0 Å². The lowest BCUT2D eigenvalue weighted by Gasteiger charge is -2.23. The van der Waals surface area contributed by atoms with E-state index in [1.807, 2.05) is 45.0 Å². The number of rotatable bonds is 8. The van der Waals surface area contributed by atoms with Gasteiger partial charge < -0.3 is 15.4 Å². The summed E-state index contributed by atoms with van der Waals surface area (Å²) in [5.74, 6) is 1.50. The van der Waals surface area contributed by atoms with Gasteiger partial charge >= 0.3 is 0 Å². The number of benzene rings is 1. The van der Waals surface area contributed by atoms with Gasteiger partial charge in [-0.05, 0) is 33.3 Å². The molecule has 0 aliphatic carbocycles. The molecule has 0 saturated carbocycles. The molecule has 8 heteroatoms. The van der Waals surface area contributed by atoms with Crippen LogP contribution in [0.3, 0.4) is 0 Å². The summed E-state index contributed by atoms with van der Waals surface area (Å²) in [6, 6.07) is 7.89. The van der Waals surface area contributed by atoms with Gasteiger partial charge in [0.05, 0.1) is 6.26 Å². The van der Waals surface area contributed by atoms with E-state index in [2.05, 4.69) is 20.3 Å². The summed E-state index contributed by atoms with van der Waals surface area (Å²) in [7, 11) is -1.44. The molecule has 1 aromatic carbocycles. The number of aliphatic imine (C=N–C) groups is 1. The quantitative estimate of drug-likeness (QED) is 0.366. The van der Waals surface area contributed by atoms with Gasteiger partial charge in [0.15, 0.2) is 5.96 Å². The minimum absolute atomic E-state index is 0.261. The van der Waals surface area contributed by atoms with Crippen molar-refractivity contribution in [3.63, 3.8) is 0 Å². The first-order chi connectivity index (χ1) is 11.6. The Bertz CT molecular complexity index is 667. The fourth-order valence-electron chi connectivity index (χ4n) is 2.03. The summed E-state index contributed by atoms with van der Waals surface area (Å²) in [4.78, 5) is 4.17. The first-order valence-electron chi connectivity index (χ1n) is 8.27. The smallest absolute Gasteiger partial charge is 0.208 e. The standard InChI is InChI=1S/C17H30N4O3S/c1-17(2,3)24-15-10-7-6-9-14(15)13-20-16(18-4)19-11-8-12-21-25(5,22)23/h6-7,9-10,21H,8,11-13H2,1-5H3,(H2,18,19,20). The van der Waals surface area contributed by atoms with Crippen LogP contribution in [0.15, 0.2) is 29.3 Å². The van der Waals surface area contributed by atoms with Crippen LogP contribution in [-0.2, 0) is 16.6 Å². The second-order valence-electron chi connectivity index (χ2n) is 6.69. The van der Waals surface area contributed by atoms with Gasteiger partial charge in [-0.25, -0.2) is 13.1 Å². The Kier molecular flexibility index (Phi) is 8.18. The molecule has 0 heterocycles. The van der Waals surface area contributed by atoms with Crippen molar-refractivity contribution in [2.24, 2.45) is 4.99 Å². The van der Waals surface area contributed by atoms with E-state index in [-0.39, 0.29) is 5.60 Å². The lowest BCUT2D eigenvalue weighted by Crippen LogP contribution is -2.38. The van der Waals surface area contributed by atoms with E-state index >= 15 is 0 Å². The van der Waals surface area contributed by atoms with Crippen molar-refractivity contribution in [1.29, 1.82) is 0 Å². The van der Waals surface area contributed by atoms with Crippen LogP contribution in [-0.4, -0.2) is 46.4 Å². The minimum atomic E-state index is -3.13. The van der Waals surface area contributed by atoms with E-state index in [0.29, 0.717) is 32.0 Å². The van der Waals surface area contributed by atoms with Crippen LogP contribution in [0.2, 0.25) is 0 Å². The molecule has 1 aromatic rings. The van der Waals surface area contributed by atoms with E-state index in [1.54, 1.807) is 7.05 Å². The van der Waals surface area contributed by atoms with Gasteiger partial charge in [0, 0.05) is 32.2 Å². The summed E-state index contributed by atoms with van der Waals surface area (Å²) >= 11 is 0. The van der Waals surface area contributed by atoms with Crippen LogP contribution >= 0.6 is 0 Å². The maximum Gasteiger partial charge on any atom is 0.208 e. The largest absolute Gasteiger partial charge is 0.488 e. The summed E-state index contributed by atoms with van der Waals surface area (Å²) in [5.41, 5.74) is 0.780. The summed E-state index contributed by atoms with van der Waals surface area (Å²) in [5, 5.41) is 6.40. The first-order valence-corrected chi connectivity index (χ1v) is 10.2. The molecular formula is C17H30N4O3S. The maximum absolute atomic E-state index is 11.0. The Morgan fingerprint density at radius 2 is 1.84 bits per heavy atom. The highest BCUT2D eigenvalue weighted by atomic mass is 32.2. The lowest BCUT2D eigenvalue weighted by molar-refractivity contribution is 0.129. The zero-order valence-electron chi connectivity index (χ0n) is 15.7. The van der Waals surface area contributed by atoms with Crippen LogP contribution in [0, 0.1) is 0 Å². The van der Waals surface area contributed by atoms with Crippen molar-refractivity contribution in [3.05, 3.63) is 29.8 Å². The van der Waals surface area contributed by atoms with Crippen molar-refractivity contribution in [2.75, 3.05) is 26.4 Å². The molecule has 0 radical (unpaired) electrons. The number of hydrogen-bond donors (Lipinski definition) is 3. The third-order valence-corrected chi connectivity index (χ3v) is 3.80. The molecule has 7 nitrogen and oxygen atoms in total. The highest BCUT2D eigenvalue weighted by Gasteiger charge is 2.14. The van der Waals surface area contributed by atoms with Crippen LogP contribution < -0.4 is 20.1 Å². The van der Waals surface area contributed by atoms with Crippen LogP contribution in [0.5, 0.6) is 5.75 Å². The molecule has 0 atom stereocenters. The van der Waals surface area contributed by atoms with Gasteiger partial charge in [0.2, 0.25) is 10.0 Å². The molecule has 0 spiro atoms. The van der Waals surface area contributed by atoms with E-state index in [4.69, 9.17) is 4.74 Å². The number of sulfonamides is 1. The van der Waals surface area contributed by atoms with Crippen LogP contribution in [0.4, 0.5) is 0 Å². The van der Waals surface area contributed by atoms with Gasteiger partial charge in [-0.3, -0.25) is 4.99 Å². The molecule has 0 amide bonds. The Morgan fingerprint density at radius 3 is 2.44 bits per heavy atom. The molecule has 142 valence electrons. The normalized spacial score (nSPS) is 12.8. The van der Waals surface area contributed by atoms with Gasteiger partial charge in [-0.2, -0.15) is 0 Å². The van der Waals surface area contributed by atoms with Crippen molar-refractivity contribution in [1.82, 2.24) is 15.4 Å². The Balaban J connectivity index is 2.47. The van der Waals surface area contributed by atoms with Gasteiger partial charge in [-0.1, -0.05) is 18.2 Å². The van der Waals surface area contributed by atoms with E-state index in [0.717, 1.165) is 17.6 Å². The van der Waals surface area contributed by atoms with E-state index < -0.39 is 10.0 Å². The monoisotopic (exact) mass is 370 g/mol. The molecule has 0 bridgehead atoms. The predicted molar refractivity (Wildman–Crippen MR) is 102 cm³/mol. The maximum atomic E-state index is 11.0. The number of guanidine groups is 1. The zero-order valence-corrected chi connectivity index (χ0v) is 16.5. The van der Waals surface area contributed by atoms with Gasteiger partial charge in [0.25, 0.3) is 0 Å². The van der Waals surface area contributed by atoms with E-state index in [9.17, 15) is 8.42 Å². The summed E-state index contributed by atoms with van der Waals surface area (Å²) in [6.07, 6.45) is 1.81. The molecule has 0 fully saturated rings. The number of ether oxygens (including phenoxy) is 1. The molecule has 0 saturated heterocycles. The summed E-state index contributed by atoms with van der Waals surface area (Å²) < 4.78 is 30.4. The van der Waals surface area contributed by atoms with Gasteiger partial charge in [0.1, 0.15) is 11.4 Å². The average molecular weight is 371 g/mol. The second kappa shape index (κ2) is 9.62. The molecule has 1 rings (SSSR count). The minimum Gasteiger partial charge on any atom is -0.488 e. The molecule has 0 aliphatic heterocycles. The zero-order chi connectivity index (χ0) is 18.9. The number of nitrogens with zero attached hydrogens (tertiary/aromatic N) is 1. The first kappa shape index (κ1) is 21.2.